The molecule has 1 heterocycles. The molecule has 0 atom stereocenters. The van der Waals surface area contributed by atoms with Crippen molar-refractivity contribution in [2.45, 2.75) is 0 Å². The minimum absolute atomic E-state index is 0.00720. The Morgan fingerprint density at radius 1 is 1.33 bits per heavy atom. The van der Waals surface area contributed by atoms with Crippen LogP contribution in [0.3, 0.4) is 0 Å². The average molecular weight is 117 g/mol. The molecular formula is C4H6PS+. The van der Waals surface area contributed by atoms with Crippen LogP contribution in [0.25, 0.3) is 0 Å². The Hall–Kier alpha value is 0.260. The van der Waals surface area contributed by atoms with Gasteiger partial charge in [0, 0.05) is 0 Å². The first-order valence-corrected chi connectivity index (χ1v) is 4.69. The highest BCUT2D eigenvalue weighted by Gasteiger charge is 2.08. The third-order valence-electron chi connectivity index (χ3n) is 0.785. The lowest BCUT2D eigenvalue weighted by Crippen LogP contribution is -1.56. The van der Waals surface area contributed by atoms with Crippen molar-refractivity contribution in [2.75, 3.05) is 12.3 Å². The molecular weight excluding hydrogens is 111 g/mol. The highest BCUT2D eigenvalue weighted by molar-refractivity contribution is 8.05. The number of allylic oxidation sites excluding steroid dienone is 2. The van der Waals surface area contributed by atoms with E-state index < -0.39 is 0 Å². The summed E-state index contributed by atoms with van der Waals surface area (Å²) in [5.74, 6) is 0. The molecule has 0 aliphatic carbocycles. The summed E-state index contributed by atoms with van der Waals surface area (Å²) in [7, 11) is 0. The minimum atomic E-state index is 0.00720. The van der Waals surface area contributed by atoms with Crippen LogP contribution in [0.2, 0.25) is 0 Å². The largest absolute Gasteiger partial charge is 0.183 e. The molecule has 1 aliphatic rings. The van der Waals surface area contributed by atoms with Crippen LogP contribution >= 0.6 is 6.70 Å². The van der Waals surface area contributed by atoms with Crippen molar-refractivity contribution in [1.29, 1.82) is 0 Å². The summed E-state index contributed by atoms with van der Waals surface area (Å²) >= 11 is 5.00. The zero-order valence-electron chi connectivity index (χ0n) is 3.42. The van der Waals surface area contributed by atoms with Crippen molar-refractivity contribution in [3.63, 3.8) is 0 Å². The molecule has 0 nitrogen and oxygen atoms in total. The summed E-state index contributed by atoms with van der Waals surface area (Å²) in [5, 5.41) is 0. The van der Waals surface area contributed by atoms with E-state index in [0.717, 1.165) is 0 Å². The second-order valence-corrected chi connectivity index (χ2v) is 4.56. The van der Waals surface area contributed by atoms with Crippen LogP contribution in [0.4, 0.5) is 0 Å². The van der Waals surface area contributed by atoms with Gasteiger partial charge >= 0.3 is 0 Å². The second kappa shape index (κ2) is 1.81. The lowest BCUT2D eigenvalue weighted by Gasteiger charge is -1.62. The van der Waals surface area contributed by atoms with Crippen molar-refractivity contribution >= 4 is 18.5 Å². The normalized spacial score (nSPS) is 19.7. The summed E-state index contributed by atoms with van der Waals surface area (Å²) in [6.07, 6.45) is 6.73. The maximum absolute atomic E-state index is 5.00. The Morgan fingerprint density at radius 2 is 1.83 bits per heavy atom. The van der Waals surface area contributed by atoms with E-state index in [0.29, 0.717) is 0 Å². The smallest absolute Gasteiger partial charge is 0.0393 e. The number of rotatable bonds is 0. The van der Waals surface area contributed by atoms with Crippen LogP contribution in [0.15, 0.2) is 12.2 Å². The van der Waals surface area contributed by atoms with E-state index in [2.05, 4.69) is 12.2 Å². The molecule has 0 unspecified atom stereocenters. The predicted molar refractivity (Wildman–Crippen MR) is 33.2 cm³/mol. The highest BCUT2D eigenvalue weighted by Crippen LogP contribution is 2.25. The fraction of sp³-hybridized carbons (Fsp3) is 0.500. The summed E-state index contributed by atoms with van der Waals surface area (Å²) in [4.78, 5) is 0. The Balaban J connectivity index is 2.52. The molecule has 0 bridgehead atoms. The highest BCUT2D eigenvalue weighted by atomic mass is 32.4. The van der Waals surface area contributed by atoms with E-state index in [1.54, 1.807) is 0 Å². The van der Waals surface area contributed by atoms with Crippen LogP contribution in [0, 0.1) is 0 Å². The Morgan fingerprint density at radius 3 is 2.00 bits per heavy atom. The molecule has 1 aliphatic heterocycles. The van der Waals surface area contributed by atoms with Crippen molar-refractivity contribution in [2.24, 2.45) is 0 Å². The molecule has 1 rings (SSSR count). The fourth-order valence-electron chi connectivity index (χ4n) is 0.459. The van der Waals surface area contributed by atoms with E-state index in [1.165, 1.54) is 12.3 Å². The van der Waals surface area contributed by atoms with Gasteiger partial charge in [-0.15, -0.1) is 0 Å². The zero-order valence-corrected chi connectivity index (χ0v) is 5.14. The summed E-state index contributed by atoms with van der Waals surface area (Å²) < 4.78 is 0. The first-order valence-electron chi connectivity index (χ1n) is 1.96. The summed E-state index contributed by atoms with van der Waals surface area (Å²) in [6.45, 7) is 0.00720. The quantitative estimate of drug-likeness (QED) is 0.342. The van der Waals surface area contributed by atoms with Gasteiger partial charge < -0.3 is 0 Å². The molecule has 0 aromatic carbocycles. The molecule has 0 saturated carbocycles. The minimum Gasteiger partial charge on any atom is -0.0393 e. The third kappa shape index (κ3) is 0.859. The lowest BCUT2D eigenvalue weighted by atomic mass is 10.6. The molecule has 0 radical (unpaired) electrons. The van der Waals surface area contributed by atoms with Gasteiger partial charge in [-0.3, -0.25) is 0 Å². The van der Waals surface area contributed by atoms with Gasteiger partial charge in [-0.1, -0.05) is 0 Å². The molecule has 0 spiro atoms. The fourth-order valence-corrected chi connectivity index (χ4v) is 1.89. The number of hydrogen-bond acceptors (Lipinski definition) is 1. The summed E-state index contributed by atoms with van der Waals surface area (Å²) in [6, 6.07) is 0. The van der Waals surface area contributed by atoms with Crippen LogP contribution in [-0.2, 0) is 11.8 Å². The van der Waals surface area contributed by atoms with Gasteiger partial charge in [0.2, 0.25) is 0 Å². The Labute approximate surface area is 43.7 Å². The average Bonchev–Trinajstić information content (AvgIpc) is 1.86. The molecule has 2 heteroatoms. The van der Waals surface area contributed by atoms with Crippen molar-refractivity contribution in [3.05, 3.63) is 12.2 Å². The van der Waals surface area contributed by atoms with Gasteiger partial charge in [0.25, 0.3) is 0 Å². The van der Waals surface area contributed by atoms with E-state index in [1.807, 2.05) is 0 Å². The molecule has 0 aromatic rings. The topological polar surface area (TPSA) is 0 Å². The van der Waals surface area contributed by atoms with Gasteiger partial charge in [-0.25, -0.2) is 0 Å². The molecule has 0 N–H and O–H groups in total. The maximum Gasteiger partial charge on any atom is 0.183 e. The van der Waals surface area contributed by atoms with Gasteiger partial charge in [-0.2, -0.15) is 0 Å². The van der Waals surface area contributed by atoms with Crippen LogP contribution < -0.4 is 0 Å². The predicted octanol–water partition coefficient (Wildman–Crippen LogP) is 1.50. The molecule has 0 aromatic heterocycles. The monoisotopic (exact) mass is 117 g/mol. The van der Waals surface area contributed by atoms with E-state index >= 15 is 0 Å². The van der Waals surface area contributed by atoms with Crippen molar-refractivity contribution in [1.82, 2.24) is 0 Å². The molecule has 0 saturated heterocycles. The van der Waals surface area contributed by atoms with Crippen molar-refractivity contribution < 1.29 is 0 Å². The zero-order chi connectivity index (χ0) is 4.41. The molecule has 0 fully saturated rings. The molecule has 6 heavy (non-hydrogen) atoms. The molecule has 32 valence electrons. The van der Waals surface area contributed by atoms with Gasteiger partial charge in [-0.05, 0) is 12.2 Å². The third-order valence-corrected chi connectivity index (χ3v) is 2.92. The Kier molecular flexibility index (Phi) is 1.33. The SMILES string of the molecule is S=[P+]1CC=CC1. The van der Waals surface area contributed by atoms with Gasteiger partial charge in [0.1, 0.15) is 12.3 Å². The standard InChI is InChI=1S/C4H6PS/c6-5-3-1-2-4-5/h1-2H,3-4H2/q+1. The maximum atomic E-state index is 5.00. The van der Waals surface area contributed by atoms with Crippen LogP contribution in [-0.4, -0.2) is 12.3 Å². The van der Waals surface area contributed by atoms with E-state index in [9.17, 15) is 0 Å². The first kappa shape index (κ1) is 4.42. The second-order valence-electron chi connectivity index (χ2n) is 1.32. The number of hydrogen-bond donors (Lipinski definition) is 0. The van der Waals surface area contributed by atoms with Crippen LogP contribution in [0.1, 0.15) is 0 Å². The van der Waals surface area contributed by atoms with Gasteiger partial charge in [0.05, 0.1) is 0 Å². The van der Waals surface area contributed by atoms with E-state index in [4.69, 9.17) is 11.8 Å². The van der Waals surface area contributed by atoms with Crippen molar-refractivity contribution in [3.8, 4) is 0 Å². The molecule has 0 amide bonds. The summed E-state index contributed by atoms with van der Waals surface area (Å²) in [5.41, 5.74) is 0. The Bertz CT molecular complexity index is 85.7. The lowest BCUT2D eigenvalue weighted by molar-refractivity contribution is 1.78. The first-order chi connectivity index (χ1) is 2.89. The van der Waals surface area contributed by atoms with Crippen LogP contribution in [0.5, 0.6) is 0 Å². The van der Waals surface area contributed by atoms with Gasteiger partial charge in [0.15, 0.2) is 18.5 Å². The van der Waals surface area contributed by atoms with E-state index in [-0.39, 0.29) is 6.70 Å².